The quantitative estimate of drug-likeness (QED) is 0.546. The van der Waals surface area contributed by atoms with E-state index in [2.05, 4.69) is 6.92 Å². The van der Waals surface area contributed by atoms with Gasteiger partial charge < -0.3 is 18.9 Å². The van der Waals surface area contributed by atoms with Crippen LogP contribution in [0.25, 0.3) is 12.2 Å². The van der Waals surface area contributed by atoms with Crippen molar-refractivity contribution in [3.05, 3.63) is 58.7 Å². The zero-order valence-corrected chi connectivity index (χ0v) is 18.9. The number of carbonyl (C=O) groups is 1. The van der Waals surface area contributed by atoms with E-state index in [1.54, 1.807) is 28.4 Å². The number of hydrogen-bond donors (Lipinski definition) is 0. The van der Waals surface area contributed by atoms with Gasteiger partial charge in [0.2, 0.25) is 0 Å². The summed E-state index contributed by atoms with van der Waals surface area (Å²) in [5.41, 5.74) is 3.22. The van der Waals surface area contributed by atoms with Crippen LogP contribution in [0.5, 0.6) is 23.0 Å². The highest BCUT2D eigenvalue weighted by Gasteiger charge is 2.27. The zero-order chi connectivity index (χ0) is 22.4. The van der Waals surface area contributed by atoms with Gasteiger partial charge in [0.1, 0.15) is 23.0 Å². The Morgan fingerprint density at radius 3 is 1.58 bits per heavy atom. The van der Waals surface area contributed by atoms with Crippen LogP contribution in [0.4, 0.5) is 0 Å². The third-order valence-electron chi connectivity index (χ3n) is 5.71. The summed E-state index contributed by atoms with van der Waals surface area (Å²) in [6.45, 7) is 2.16. The van der Waals surface area contributed by atoms with Crippen LogP contribution >= 0.6 is 0 Å². The molecule has 0 spiro atoms. The lowest BCUT2D eigenvalue weighted by atomic mass is 9.78. The van der Waals surface area contributed by atoms with Gasteiger partial charge in [-0.05, 0) is 67.3 Å². The summed E-state index contributed by atoms with van der Waals surface area (Å²) in [4.78, 5) is 13.4. The van der Waals surface area contributed by atoms with Crippen LogP contribution in [0, 0.1) is 5.92 Å². The van der Waals surface area contributed by atoms with E-state index in [-0.39, 0.29) is 5.78 Å². The predicted molar refractivity (Wildman–Crippen MR) is 123 cm³/mol. The first kappa shape index (κ1) is 22.5. The number of allylic oxidation sites excluding steroid dienone is 2. The lowest BCUT2D eigenvalue weighted by Gasteiger charge is -2.25. The van der Waals surface area contributed by atoms with E-state index in [1.807, 2.05) is 48.6 Å². The van der Waals surface area contributed by atoms with E-state index >= 15 is 0 Å². The largest absolute Gasteiger partial charge is 0.497 e. The van der Waals surface area contributed by atoms with Crippen LogP contribution in [0.3, 0.4) is 0 Å². The Bertz CT molecular complexity index is 925. The number of methoxy groups -OCH3 is 4. The Morgan fingerprint density at radius 1 is 0.774 bits per heavy atom. The van der Waals surface area contributed by atoms with Gasteiger partial charge in [-0.2, -0.15) is 0 Å². The number of carbonyl (C=O) groups excluding carboxylic acids is 1. The maximum atomic E-state index is 13.4. The highest BCUT2D eigenvalue weighted by Crippen LogP contribution is 2.37. The summed E-state index contributed by atoms with van der Waals surface area (Å²) >= 11 is 0. The molecule has 5 nitrogen and oxygen atoms in total. The molecule has 1 atom stereocenters. The van der Waals surface area contributed by atoms with Crippen molar-refractivity contribution in [1.29, 1.82) is 0 Å². The number of rotatable bonds is 7. The molecule has 5 heteroatoms. The third kappa shape index (κ3) is 5.10. The second-order valence-corrected chi connectivity index (χ2v) is 7.57. The van der Waals surface area contributed by atoms with Crippen molar-refractivity contribution in [3.8, 4) is 23.0 Å². The molecule has 0 aromatic heterocycles. The number of benzene rings is 2. The van der Waals surface area contributed by atoms with Gasteiger partial charge in [0, 0.05) is 22.3 Å². The molecule has 0 N–H and O–H groups in total. The number of Topliss-reactive ketones (excluding diaryl/α,β-unsaturated/α-hetero) is 1. The van der Waals surface area contributed by atoms with Gasteiger partial charge in [-0.25, -0.2) is 0 Å². The van der Waals surface area contributed by atoms with Crippen molar-refractivity contribution in [2.75, 3.05) is 28.4 Å². The standard InChI is InChI=1S/C26H30O5/c1-6-17-11-20(13-18-15-22(28-2)7-9-24(18)30-4)26(27)21(12-17)14-19-16-23(29-3)8-10-25(19)31-5/h7-10,13-17H,6,11-12H2,1-5H3/b20-13-,21-14+. The molecular weight excluding hydrogens is 392 g/mol. The van der Waals surface area contributed by atoms with Crippen molar-refractivity contribution in [2.45, 2.75) is 26.2 Å². The van der Waals surface area contributed by atoms with Crippen LogP contribution in [0.1, 0.15) is 37.3 Å². The average Bonchev–Trinajstić information content (AvgIpc) is 2.81. The van der Waals surface area contributed by atoms with Crippen LogP contribution in [-0.4, -0.2) is 34.2 Å². The first-order chi connectivity index (χ1) is 15.0. The van der Waals surface area contributed by atoms with E-state index in [0.29, 0.717) is 17.4 Å². The molecule has 2 aromatic rings. The monoisotopic (exact) mass is 422 g/mol. The van der Waals surface area contributed by atoms with Crippen molar-refractivity contribution < 1.29 is 23.7 Å². The Labute approximate surface area is 184 Å². The predicted octanol–water partition coefficient (Wildman–Crippen LogP) is 5.58. The van der Waals surface area contributed by atoms with Gasteiger partial charge in [0.15, 0.2) is 5.78 Å². The number of ether oxygens (including phenoxy) is 4. The maximum absolute atomic E-state index is 13.4. The van der Waals surface area contributed by atoms with Crippen molar-refractivity contribution in [3.63, 3.8) is 0 Å². The molecule has 1 aliphatic rings. The molecule has 3 rings (SSSR count). The van der Waals surface area contributed by atoms with Gasteiger partial charge >= 0.3 is 0 Å². The summed E-state index contributed by atoms with van der Waals surface area (Å²) in [6, 6.07) is 11.2. The molecule has 31 heavy (non-hydrogen) atoms. The smallest absolute Gasteiger partial charge is 0.185 e. The minimum absolute atomic E-state index is 0.0550. The van der Waals surface area contributed by atoms with Gasteiger partial charge in [-0.1, -0.05) is 13.3 Å². The normalized spacial score (nSPS) is 18.9. The molecule has 0 heterocycles. The third-order valence-corrected chi connectivity index (χ3v) is 5.71. The summed E-state index contributed by atoms with van der Waals surface area (Å²) in [6.07, 6.45) is 6.33. The van der Waals surface area contributed by atoms with Crippen molar-refractivity contribution >= 4 is 17.9 Å². The first-order valence-electron chi connectivity index (χ1n) is 10.4. The van der Waals surface area contributed by atoms with Crippen LogP contribution in [0.15, 0.2) is 47.5 Å². The van der Waals surface area contributed by atoms with Crippen molar-refractivity contribution in [2.24, 2.45) is 5.92 Å². The first-order valence-corrected chi connectivity index (χ1v) is 10.4. The van der Waals surface area contributed by atoms with E-state index < -0.39 is 0 Å². The molecule has 1 aliphatic carbocycles. The fraction of sp³-hybridized carbons (Fsp3) is 0.346. The molecule has 0 aliphatic heterocycles. The van der Waals surface area contributed by atoms with Crippen molar-refractivity contribution in [1.82, 2.24) is 0 Å². The molecule has 1 fully saturated rings. The van der Waals surface area contributed by atoms with E-state index in [4.69, 9.17) is 18.9 Å². The Hall–Kier alpha value is -3.21. The molecule has 0 radical (unpaired) electrons. The fourth-order valence-corrected chi connectivity index (χ4v) is 3.90. The lowest BCUT2D eigenvalue weighted by Crippen LogP contribution is -2.19. The zero-order valence-electron chi connectivity index (χ0n) is 18.9. The maximum Gasteiger partial charge on any atom is 0.185 e. The molecular formula is C26H30O5. The van der Waals surface area contributed by atoms with Gasteiger partial charge in [-0.3, -0.25) is 4.79 Å². The molecule has 0 bridgehead atoms. The van der Waals surface area contributed by atoms with Gasteiger partial charge in [0.25, 0.3) is 0 Å². The Kier molecular flexibility index (Phi) is 7.40. The lowest BCUT2D eigenvalue weighted by molar-refractivity contribution is -0.113. The SMILES string of the molecule is CCC1C/C(=C/c2cc(OC)ccc2OC)C(=O)/C(=C/c2cc(OC)ccc2OC)C1. The summed E-state index contributed by atoms with van der Waals surface area (Å²) in [7, 11) is 6.50. The van der Waals surface area contributed by atoms with Gasteiger partial charge in [-0.15, -0.1) is 0 Å². The minimum atomic E-state index is 0.0550. The summed E-state index contributed by atoms with van der Waals surface area (Å²) in [5.74, 6) is 3.31. The van der Waals surface area contributed by atoms with Crippen LogP contribution in [-0.2, 0) is 4.79 Å². The van der Waals surface area contributed by atoms with E-state index in [1.165, 1.54) is 0 Å². The summed E-state index contributed by atoms with van der Waals surface area (Å²) in [5, 5.41) is 0. The molecule has 0 amide bonds. The van der Waals surface area contributed by atoms with Crippen LogP contribution < -0.4 is 18.9 Å². The van der Waals surface area contributed by atoms with Gasteiger partial charge in [0.05, 0.1) is 28.4 Å². The topological polar surface area (TPSA) is 54.0 Å². The molecule has 0 saturated heterocycles. The van der Waals surface area contributed by atoms with E-state index in [0.717, 1.165) is 53.0 Å². The van der Waals surface area contributed by atoms with E-state index in [9.17, 15) is 4.79 Å². The highest BCUT2D eigenvalue weighted by atomic mass is 16.5. The second-order valence-electron chi connectivity index (χ2n) is 7.57. The average molecular weight is 423 g/mol. The molecule has 1 saturated carbocycles. The number of hydrogen-bond acceptors (Lipinski definition) is 5. The number of ketones is 1. The molecule has 2 aromatic carbocycles. The molecule has 1 unspecified atom stereocenters. The highest BCUT2D eigenvalue weighted by molar-refractivity contribution is 6.14. The van der Waals surface area contributed by atoms with Crippen LogP contribution in [0.2, 0.25) is 0 Å². The second kappa shape index (κ2) is 10.2. The fourth-order valence-electron chi connectivity index (χ4n) is 3.90. The molecule has 164 valence electrons. The minimum Gasteiger partial charge on any atom is -0.497 e. The Morgan fingerprint density at radius 2 is 1.23 bits per heavy atom. The summed E-state index contributed by atoms with van der Waals surface area (Å²) < 4.78 is 21.7. The Balaban J connectivity index is 2.05.